The first-order chi connectivity index (χ1) is 8.27. The highest BCUT2D eigenvalue weighted by Crippen LogP contribution is 2.14. The molecule has 0 atom stereocenters. The van der Waals surface area contributed by atoms with Crippen molar-refractivity contribution in [1.29, 1.82) is 0 Å². The average Bonchev–Trinajstić information content (AvgIpc) is 2.38. The summed E-state index contributed by atoms with van der Waals surface area (Å²) in [6.45, 7) is 2.00. The number of nitrogens with zero attached hydrogens (tertiary/aromatic N) is 3. The Labute approximate surface area is 101 Å². The van der Waals surface area contributed by atoms with Crippen molar-refractivity contribution in [3.63, 3.8) is 0 Å². The second-order valence-corrected chi connectivity index (χ2v) is 3.83. The van der Waals surface area contributed by atoms with Gasteiger partial charge in [0.25, 0.3) is 0 Å². The number of hydrogen-bond acceptors (Lipinski definition) is 2. The van der Waals surface area contributed by atoms with E-state index in [1.54, 1.807) is 12.5 Å². The first-order valence-electron chi connectivity index (χ1n) is 5.51. The molecule has 0 fully saturated rings. The quantitative estimate of drug-likeness (QED) is 0.593. The molecule has 0 saturated carbocycles. The van der Waals surface area contributed by atoms with Gasteiger partial charge in [-0.3, -0.25) is 0 Å². The van der Waals surface area contributed by atoms with Crippen LogP contribution < -0.4 is 4.90 Å². The van der Waals surface area contributed by atoms with E-state index in [1.165, 1.54) is 0 Å². The molecule has 86 valence electrons. The van der Waals surface area contributed by atoms with Gasteiger partial charge in [0.2, 0.25) is 0 Å². The molecule has 0 bridgehead atoms. The molecule has 0 saturated heterocycles. The lowest BCUT2D eigenvalue weighted by molar-refractivity contribution is 1.21. The van der Waals surface area contributed by atoms with E-state index in [0.717, 1.165) is 17.1 Å². The Morgan fingerprint density at radius 3 is 2.59 bits per heavy atom. The third kappa shape index (κ3) is 2.91. The van der Waals surface area contributed by atoms with Crippen LogP contribution in [0.2, 0.25) is 0 Å². The third-order valence-corrected chi connectivity index (χ3v) is 2.50. The van der Waals surface area contributed by atoms with Gasteiger partial charge >= 0.3 is 0 Å². The van der Waals surface area contributed by atoms with E-state index in [1.807, 2.05) is 61.3 Å². The molecule has 0 aliphatic carbocycles. The van der Waals surface area contributed by atoms with E-state index in [9.17, 15) is 0 Å². The summed E-state index contributed by atoms with van der Waals surface area (Å²) in [6.07, 6.45) is 3.53. The maximum Gasteiger partial charge on any atom is 0.156 e. The van der Waals surface area contributed by atoms with Gasteiger partial charge < -0.3 is 4.90 Å². The summed E-state index contributed by atoms with van der Waals surface area (Å²) in [6, 6.07) is 14.0. The minimum Gasteiger partial charge on any atom is -0.335 e. The zero-order chi connectivity index (χ0) is 12.1. The predicted molar refractivity (Wildman–Crippen MR) is 72.0 cm³/mol. The van der Waals surface area contributed by atoms with Crippen LogP contribution in [0, 0.1) is 6.92 Å². The molecule has 1 aromatic heterocycles. The van der Waals surface area contributed by atoms with E-state index >= 15 is 0 Å². The Bertz CT molecular complexity index is 506. The van der Waals surface area contributed by atoms with E-state index in [4.69, 9.17) is 0 Å². The molecule has 1 aromatic carbocycles. The Balaban J connectivity index is 2.14. The van der Waals surface area contributed by atoms with Gasteiger partial charge in [-0.1, -0.05) is 24.3 Å². The van der Waals surface area contributed by atoms with Crippen molar-refractivity contribution in [2.24, 2.45) is 4.99 Å². The van der Waals surface area contributed by atoms with Crippen LogP contribution in [0.5, 0.6) is 0 Å². The molecule has 0 spiro atoms. The van der Waals surface area contributed by atoms with E-state index in [2.05, 4.69) is 9.98 Å². The fourth-order valence-electron chi connectivity index (χ4n) is 1.48. The number of pyridine rings is 1. The normalized spacial score (nSPS) is 10.7. The third-order valence-electron chi connectivity index (χ3n) is 2.50. The fraction of sp³-hybridized carbons (Fsp3) is 0.143. The van der Waals surface area contributed by atoms with Gasteiger partial charge in [0.1, 0.15) is 0 Å². The van der Waals surface area contributed by atoms with Crippen molar-refractivity contribution in [1.82, 2.24) is 4.98 Å². The van der Waals surface area contributed by atoms with Gasteiger partial charge in [-0.2, -0.15) is 0 Å². The Kier molecular flexibility index (Phi) is 3.50. The summed E-state index contributed by atoms with van der Waals surface area (Å²) in [7, 11) is 1.97. The van der Waals surface area contributed by atoms with Crippen molar-refractivity contribution >= 4 is 17.8 Å². The van der Waals surface area contributed by atoms with Crippen LogP contribution >= 0.6 is 0 Å². The molecule has 0 N–H and O–H groups in total. The number of aliphatic imine (C=N–C) groups is 1. The summed E-state index contributed by atoms with van der Waals surface area (Å²) in [5, 5.41) is 0. The maximum absolute atomic E-state index is 4.37. The van der Waals surface area contributed by atoms with E-state index in [-0.39, 0.29) is 0 Å². The summed E-state index contributed by atoms with van der Waals surface area (Å²) in [4.78, 5) is 10.6. The number of rotatable bonds is 3. The summed E-state index contributed by atoms with van der Waals surface area (Å²) in [5.41, 5.74) is 2.18. The number of para-hydroxylation sites is 1. The topological polar surface area (TPSA) is 28.5 Å². The van der Waals surface area contributed by atoms with Gasteiger partial charge in [-0.05, 0) is 30.7 Å². The molecular weight excluding hydrogens is 210 g/mol. The molecule has 3 nitrogen and oxygen atoms in total. The second-order valence-electron chi connectivity index (χ2n) is 3.83. The van der Waals surface area contributed by atoms with Crippen LogP contribution in [0.1, 0.15) is 5.56 Å². The fourth-order valence-corrected chi connectivity index (χ4v) is 1.48. The van der Waals surface area contributed by atoms with Gasteiger partial charge in [0.15, 0.2) is 5.82 Å². The van der Waals surface area contributed by atoms with Crippen LogP contribution in [-0.2, 0) is 0 Å². The molecule has 1 heterocycles. The Hall–Kier alpha value is -2.16. The summed E-state index contributed by atoms with van der Waals surface area (Å²) >= 11 is 0. The number of anilines is 1. The molecule has 0 aliphatic rings. The standard InChI is InChI=1S/C14H15N3/c1-12-7-6-10-15-14(12)16-11-17(2)13-8-4-3-5-9-13/h3-11H,1-2H3/b16-11+. The summed E-state index contributed by atoms with van der Waals surface area (Å²) < 4.78 is 0. The minimum absolute atomic E-state index is 0.760. The molecule has 2 rings (SSSR count). The van der Waals surface area contributed by atoms with E-state index in [0.29, 0.717) is 0 Å². The lowest BCUT2D eigenvalue weighted by atomic mass is 10.3. The van der Waals surface area contributed by atoms with Crippen molar-refractivity contribution in [3.05, 3.63) is 54.2 Å². The highest BCUT2D eigenvalue weighted by atomic mass is 15.1. The van der Waals surface area contributed by atoms with Crippen LogP contribution in [0.4, 0.5) is 11.5 Å². The van der Waals surface area contributed by atoms with Crippen LogP contribution in [-0.4, -0.2) is 18.4 Å². The molecular formula is C14H15N3. The number of hydrogen-bond donors (Lipinski definition) is 0. The number of aryl methyl sites for hydroxylation is 1. The van der Waals surface area contributed by atoms with E-state index < -0.39 is 0 Å². The van der Waals surface area contributed by atoms with Crippen molar-refractivity contribution in [3.8, 4) is 0 Å². The van der Waals surface area contributed by atoms with Gasteiger partial charge in [-0.15, -0.1) is 0 Å². The molecule has 0 amide bonds. The number of aromatic nitrogens is 1. The van der Waals surface area contributed by atoms with Crippen molar-refractivity contribution in [2.75, 3.05) is 11.9 Å². The molecule has 0 unspecified atom stereocenters. The lowest BCUT2D eigenvalue weighted by Crippen LogP contribution is -2.13. The zero-order valence-electron chi connectivity index (χ0n) is 10.0. The first-order valence-corrected chi connectivity index (χ1v) is 5.51. The molecule has 3 heteroatoms. The van der Waals surface area contributed by atoms with Crippen molar-refractivity contribution in [2.45, 2.75) is 6.92 Å². The molecule has 0 aliphatic heterocycles. The van der Waals surface area contributed by atoms with Crippen molar-refractivity contribution < 1.29 is 0 Å². The highest BCUT2D eigenvalue weighted by molar-refractivity contribution is 5.80. The second kappa shape index (κ2) is 5.25. The zero-order valence-corrected chi connectivity index (χ0v) is 10.0. The Morgan fingerprint density at radius 2 is 1.88 bits per heavy atom. The largest absolute Gasteiger partial charge is 0.335 e. The maximum atomic E-state index is 4.37. The van der Waals surface area contributed by atoms with Crippen LogP contribution in [0.15, 0.2) is 53.7 Å². The molecule has 17 heavy (non-hydrogen) atoms. The predicted octanol–water partition coefficient (Wildman–Crippen LogP) is 3.19. The summed E-state index contributed by atoms with van der Waals surface area (Å²) in [5.74, 6) is 0.760. The SMILES string of the molecule is Cc1cccnc1/N=C/N(C)c1ccccc1. The molecule has 2 aromatic rings. The van der Waals surface area contributed by atoms with Gasteiger partial charge in [0.05, 0.1) is 6.34 Å². The van der Waals surface area contributed by atoms with Crippen LogP contribution in [0.25, 0.3) is 0 Å². The molecule has 0 radical (unpaired) electrons. The average molecular weight is 225 g/mol. The lowest BCUT2D eigenvalue weighted by Gasteiger charge is -2.12. The van der Waals surface area contributed by atoms with Gasteiger partial charge in [0, 0.05) is 18.9 Å². The van der Waals surface area contributed by atoms with Crippen LogP contribution in [0.3, 0.4) is 0 Å². The first kappa shape index (κ1) is 11.3. The smallest absolute Gasteiger partial charge is 0.156 e. The van der Waals surface area contributed by atoms with Gasteiger partial charge in [-0.25, -0.2) is 9.98 Å². The number of benzene rings is 1. The highest BCUT2D eigenvalue weighted by Gasteiger charge is 1.97. The monoisotopic (exact) mass is 225 g/mol. The minimum atomic E-state index is 0.760. The Morgan fingerprint density at radius 1 is 1.12 bits per heavy atom.